The van der Waals surface area contributed by atoms with Gasteiger partial charge in [0.1, 0.15) is 11.2 Å². The number of rotatable bonds is 2. The zero-order valence-corrected chi connectivity index (χ0v) is 26.3. The summed E-state index contributed by atoms with van der Waals surface area (Å²) < 4.78 is 11.3. The van der Waals surface area contributed by atoms with E-state index in [1.807, 2.05) is 6.07 Å². The molecule has 1 aliphatic carbocycles. The van der Waals surface area contributed by atoms with Crippen LogP contribution in [0, 0.1) is 0 Å². The van der Waals surface area contributed by atoms with Gasteiger partial charge in [0.05, 0.1) is 27.5 Å². The maximum atomic E-state index is 6.53. The molecular formula is C46H26N2O. The van der Waals surface area contributed by atoms with Crippen LogP contribution in [-0.4, -0.2) is 9.13 Å². The standard InChI is InChI=1S/C46H26N2O/c1-4-16-37-34(12-1)44-39(25-23-32-31-14-7-9-27-10-8-15-36(42(27)31)43(32)44)47(37)28-19-21-29(22-20-28)48-38-17-5-2-13-35(38)45-40(48)26-24-33-30-11-3-6-18-41(30)49-46(33)45/h1-26H. The van der Waals surface area contributed by atoms with Crippen molar-refractivity contribution in [2.75, 3.05) is 0 Å². The monoisotopic (exact) mass is 622 g/mol. The summed E-state index contributed by atoms with van der Waals surface area (Å²) in [4.78, 5) is 0. The Hall–Kier alpha value is -6.58. The van der Waals surface area contributed by atoms with Crippen molar-refractivity contribution in [2.45, 2.75) is 0 Å². The fourth-order valence-corrected chi connectivity index (χ4v) is 8.88. The van der Waals surface area contributed by atoms with Crippen molar-refractivity contribution >= 4 is 76.3 Å². The molecule has 3 heteroatoms. The van der Waals surface area contributed by atoms with Crippen molar-refractivity contribution in [3.05, 3.63) is 158 Å². The number of hydrogen-bond acceptors (Lipinski definition) is 1. The van der Waals surface area contributed by atoms with Crippen LogP contribution in [0.15, 0.2) is 162 Å². The van der Waals surface area contributed by atoms with E-state index < -0.39 is 0 Å². The number of para-hydroxylation sites is 3. The fourth-order valence-electron chi connectivity index (χ4n) is 8.88. The molecule has 1 aliphatic rings. The SMILES string of the molecule is c1cc2c3c(cccc3c1)-c1c-2ccc2c1c1ccccc1n2-c1ccc(-n2c3ccccc3c3c4oc5ccccc5c4ccc32)cc1. The van der Waals surface area contributed by atoms with Gasteiger partial charge in [0, 0.05) is 43.9 Å². The third-order valence-electron chi connectivity index (χ3n) is 10.8. The molecule has 49 heavy (non-hydrogen) atoms. The molecule has 0 fully saturated rings. The lowest BCUT2D eigenvalue weighted by atomic mass is 9.98. The summed E-state index contributed by atoms with van der Waals surface area (Å²) in [5.74, 6) is 0. The molecule has 0 bridgehead atoms. The molecule has 0 amide bonds. The topological polar surface area (TPSA) is 23.0 Å². The molecule has 0 atom stereocenters. The van der Waals surface area contributed by atoms with Gasteiger partial charge < -0.3 is 13.6 Å². The minimum atomic E-state index is 0.920. The van der Waals surface area contributed by atoms with E-state index in [0.717, 1.165) is 44.2 Å². The second-order valence-corrected chi connectivity index (χ2v) is 13.2. The molecule has 3 heterocycles. The predicted octanol–water partition coefficient (Wildman–Crippen LogP) is 12.6. The van der Waals surface area contributed by atoms with Crippen LogP contribution in [0.1, 0.15) is 0 Å². The maximum Gasteiger partial charge on any atom is 0.145 e. The molecule has 0 saturated carbocycles. The third kappa shape index (κ3) is 3.17. The Kier molecular flexibility index (Phi) is 4.72. The molecule has 11 aromatic rings. The van der Waals surface area contributed by atoms with Crippen LogP contribution >= 0.6 is 0 Å². The lowest BCUT2D eigenvalue weighted by Gasteiger charge is -2.12. The Morgan fingerprint density at radius 2 is 0.939 bits per heavy atom. The van der Waals surface area contributed by atoms with Gasteiger partial charge in [0.2, 0.25) is 0 Å². The van der Waals surface area contributed by atoms with Crippen LogP contribution in [0.5, 0.6) is 0 Å². The van der Waals surface area contributed by atoms with Crippen molar-refractivity contribution in [1.82, 2.24) is 9.13 Å². The second kappa shape index (κ2) is 9.06. The smallest absolute Gasteiger partial charge is 0.145 e. The second-order valence-electron chi connectivity index (χ2n) is 13.2. The van der Waals surface area contributed by atoms with E-state index in [2.05, 4.69) is 161 Å². The Labute approximate surface area is 280 Å². The average Bonchev–Trinajstić information content (AvgIpc) is 3.89. The van der Waals surface area contributed by atoms with Gasteiger partial charge in [-0.1, -0.05) is 97.1 Å². The highest BCUT2D eigenvalue weighted by atomic mass is 16.3. The van der Waals surface area contributed by atoms with Gasteiger partial charge >= 0.3 is 0 Å². The highest BCUT2D eigenvalue weighted by Gasteiger charge is 2.26. The Bertz CT molecular complexity index is 3200. The molecule has 0 N–H and O–H groups in total. The van der Waals surface area contributed by atoms with Gasteiger partial charge in [-0.05, 0) is 88.1 Å². The number of aromatic nitrogens is 2. The number of benzene rings is 8. The zero-order valence-electron chi connectivity index (χ0n) is 26.3. The van der Waals surface area contributed by atoms with E-state index in [0.29, 0.717) is 0 Å². The molecule has 0 unspecified atom stereocenters. The quantitative estimate of drug-likeness (QED) is 0.188. The molecule has 3 nitrogen and oxygen atoms in total. The van der Waals surface area contributed by atoms with Crippen LogP contribution < -0.4 is 0 Å². The molecule has 12 rings (SSSR count). The van der Waals surface area contributed by atoms with Crippen molar-refractivity contribution < 1.29 is 4.42 Å². The molecule has 0 saturated heterocycles. The van der Waals surface area contributed by atoms with Crippen LogP contribution in [0.25, 0.3) is 110 Å². The first-order valence-electron chi connectivity index (χ1n) is 16.9. The number of nitrogens with zero attached hydrogens (tertiary/aromatic N) is 2. The highest BCUT2D eigenvalue weighted by Crippen LogP contribution is 2.52. The average molecular weight is 623 g/mol. The first-order valence-corrected chi connectivity index (χ1v) is 16.9. The van der Waals surface area contributed by atoms with Gasteiger partial charge in [0.25, 0.3) is 0 Å². The molecule has 0 spiro atoms. The maximum absolute atomic E-state index is 6.53. The van der Waals surface area contributed by atoms with E-state index in [9.17, 15) is 0 Å². The van der Waals surface area contributed by atoms with Crippen LogP contribution in [0.4, 0.5) is 0 Å². The van der Waals surface area contributed by atoms with Crippen molar-refractivity contribution in [2.24, 2.45) is 0 Å². The largest absolute Gasteiger partial charge is 0.455 e. The van der Waals surface area contributed by atoms with E-state index in [4.69, 9.17) is 4.42 Å². The van der Waals surface area contributed by atoms with Crippen molar-refractivity contribution in [3.8, 4) is 33.6 Å². The molecule has 0 radical (unpaired) electrons. The summed E-state index contributed by atoms with van der Waals surface area (Å²) in [7, 11) is 0. The lowest BCUT2D eigenvalue weighted by molar-refractivity contribution is 0.673. The van der Waals surface area contributed by atoms with E-state index in [1.54, 1.807) is 0 Å². The fraction of sp³-hybridized carbons (Fsp3) is 0. The van der Waals surface area contributed by atoms with Gasteiger partial charge in [-0.15, -0.1) is 0 Å². The van der Waals surface area contributed by atoms with Crippen LogP contribution in [-0.2, 0) is 0 Å². The Morgan fingerprint density at radius 1 is 0.347 bits per heavy atom. The van der Waals surface area contributed by atoms with Gasteiger partial charge in [-0.25, -0.2) is 0 Å². The van der Waals surface area contributed by atoms with E-state index in [1.165, 1.54) is 65.7 Å². The summed E-state index contributed by atoms with van der Waals surface area (Å²) in [6.45, 7) is 0. The van der Waals surface area contributed by atoms with Gasteiger partial charge in [-0.3, -0.25) is 0 Å². The van der Waals surface area contributed by atoms with Crippen molar-refractivity contribution in [3.63, 3.8) is 0 Å². The zero-order chi connectivity index (χ0) is 31.8. The Balaban J connectivity index is 1.09. The van der Waals surface area contributed by atoms with Crippen LogP contribution in [0.3, 0.4) is 0 Å². The summed E-state index contributed by atoms with van der Waals surface area (Å²) in [6.07, 6.45) is 0. The molecule has 3 aromatic heterocycles. The number of furan rings is 1. The molecule has 0 aliphatic heterocycles. The number of fused-ring (bicyclic) bond motifs is 14. The number of hydrogen-bond donors (Lipinski definition) is 0. The van der Waals surface area contributed by atoms with Crippen molar-refractivity contribution in [1.29, 1.82) is 0 Å². The first kappa shape index (κ1) is 25.5. The minimum absolute atomic E-state index is 0.920. The molecule has 226 valence electrons. The highest BCUT2D eigenvalue weighted by molar-refractivity contribution is 6.27. The van der Waals surface area contributed by atoms with Gasteiger partial charge in [0.15, 0.2) is 0 Å². The third-order valence-corrected chi connectivity index (χ3v) is 10.8. The Morgan fingerprint density at radius 3 is 1.67 bits per heavy atom. The molecule has 8 aromatic carbocycles. The lowest BCUT2D eigenvalue weighted by Crippen LogP contribution is -1.97. The summed E-state index contributed by atoms with van der Waals surface area (Å²) >= 11 is 0. The molecular weight excluding hydrogens is 597 g/mol. The normalized spacial score (nSPS) is 12.5. The van der Waals surface area contributed by atoms with Gasteiger partial charge in [-0.2, -0.15) is 0 Å². The minimum Gasteiger partial charge on any atom is -0.455 e. The summed E-state index contributed by atoms with van der Waals surface area (Å²) in [6, 6.07) is 57.4. The first-order chi connectivity index (χ1) is 24.3. The predicted molar refractivity (Wildman–Crippen MR) is 204 cm³/mol. The van der Waals surface area contributed by atoms with Crippen LogP contribution in [0.2, 0.25) is 0 Å². The van der Waals surface area contributed by atoms with E-state index >= 15 is 0 Å². The summed E-state index contributed by atoms with van der Waals surface area (Å²) in [5, 5.41) is 9.90. The summed E-state index contributed by atoms with van der Waals surface area (Å²) in [5.41, 5.74) is 14.2. The van der Waals surface area contributed by atoms with E-state index in [-0.39, 0.29) is 0 Å².